The molecule has 3 rings (SSSR count). The summed E-state index contributed by atoms with van der Waals surface area (Å²) in [4.78, 5) is 6.69. The lowest BCUT2D eigenvalue weighted by molar-refractivity contribution is 0.232. The van der Waals surface area contributed by atoms with E-state index in [0.29, 0.717) is 5.41 Å². The van der Waals surface area contributed by atoms with E-state index in [9.17, 15) is 0 Å². The smallest absolute Gasteiger partial charge is 0.0397 e. The lowest BCUT2D eigenvalue weighted by atomic mass is 9.78. The maximum absolute atomic E-state index is 4.11. The molecule has 2 unspecified atom stereocenters. The summed E-state index contributed by atoms with van der Waals surface area (Å²) < 4.78 is 0. The molecule has 0 aromatic carbocycles. The lowest BCUT2D eigenvalue weighted by Crippen LogP contribution is -2.42. The molecule has 1 aliphatic carbocycles. The monoisotopic (exact) mass is 230 g/mol. The summed E-state index contributed by atoms with van der Waals surface area (Å²) in [5.74, 6) is 0.937. The van der Waals surface area contributed by atoms with Gasteiger partial charge in [0.25, 0.3) is 0 Å². The molecule has 2 atom stereocenters. The predicted octanol–water partition coefficient (Wildman–Crippen LogP) is 3.49. The number of nitrogens with zero attached hydrogens (tertiary/aromatic N) is 2. The van der Waals surface area contributed by atoms with E-state index in [2.05, 4.69) is 28.9 Å². The second kappa shape index (κ2) is 4.32. The Hall–Kier alpha value is -1.05. The van der Waals surface area contributed by atoms with Crippen LogP contribution in [-0.4, -0.2) is 18.1 Å². The van der Waals surface area contributed by atoms with E-state index >= 15 is 0 Å². The minimum absolute atomic E-state index is 0.626. The zero-order chi connectivity index (χ0) is 11.7. The highest BCUT2D eigenvalue weighted by atomic mass is 15.1. The Morgan fingerprint density at radius 2 is 2.12 bits per heavy atom. The van der Waals surface area contributed by atoms with Crippen LogP contribution in [0.4, 0.5) is 5.69 Å². The van der Waals surface area contributed by atoms with Gasteiger partial charge in [0, 0.05) is 31.2 Å². The average Bonchev–Trinajstić information content (AvgIpc) is 2.71. The molecule has 2 heteroatoms. The van der Waals surface area contributed by atoms with Gasteiger partial charge in [-0.25, -0.2) is 0 Å². The number of anilines is 1. The minimum atomic E-state index is 0.626. The molecule has 1 saturated heterocycles. The van der Waals surface area contributed by atoms with Crippen LogP contribution < -0.4 is 4.90 Å². The quantitative estimate of drug-likeness (QED) is 0.734. The predicted molar refractivity (Wildman–Crippen MR) is 71.1 cm³/mol. The van der Waals surface area contributed by atoms with E-state index in [1.165, 1.54) is 50.9 Å². The Labute approximate surface area is 104 Å². The summed E-state index contributed by atoms with van der Waals surface area (Å²) in [5.41, 5.74) is 1.99. The van der Waals surface area contributed by atoms with Gasteiger partial charge in [-0.15, -0.1) is 0 Å². The first-order valence-corrected chi connectivity index (χ1v) is 6.92. The SMILES string of the molecule is CC1CCC2(CCCN(c3ccncc3)C2)C1. The first kappa shape index (κ1) is 11.1. The fourth-order valence-corrected chi connectivity index (χ4v) is 3.85. The molecule has 0 amide bonds. The topological polar surface area (TPSA) is 16.1 Å². The van der Waals surface area contributed by atoms with Crippen LogP contribution in [0.3, 0.4) is 0 Å². The summed E-state index contributed by atoms with van der Waals surface area (Å²) in [5, 5.41) is 0. The van der Waals surface area contributed by atoms with Gasteiger partial charge in [0.2, 0.25) is 0 Å². The Balaban J connectivity index is 1.76. The summed E-state index contributed by atoms with van der Waals surface area (Å²) in [6, 6.07) is 4.30. The van der Waals surface area contributed by atoms with Crippen molar-refractivity contribution in [2.75, 3.05) is 18.0 Å². The maximum Gasteiger partial charge on any atom is 0.0397 e. The van der Waals surface area contributed by atoms with Crippen molar-refractivity contribution in [3.63, 3.8) is 0 Å². The highest BCUT2D eigenvalue weighted by Gasteiger charge is 2.40. The summed E-state index contributed by atoms with van der Waals surface area (Å²) in [7, 11) is 0. The number of pyridine rings is 1. The van der Waals surface area contributed by atoms with Gasteiger partial charge in [-0.05, 0) is 49.1 Å². The van der Waals surface area contributed by atoms with Gasteiger partial charge in [0.1, 0.15) is 0 Å². The van der Waals surface area contributed by atoms with Gasteiger partial charge in [-0.1, -0.05) is 13.3 Å². The number of piperidine rings is 1. The normalized spacial score (nSPS) is 33.2. The van der Waals surface area contributed by atoms with Gasteiger partial charge >= 0.3 is 0 Å². The molecule has 1 aliphatic heterocycles. The molecule has 2 aliphatic rings. The van der Waals surface area contributed by atoms with Crippen LogP contribution in [0, 0.1) is 11.3 Å². The third-order valence-electron chi connectivity index (χ3n) is 4.64. The molecule has 1 aromatic heterocycles. The first-order chi connectivity index (χ1) is 8.27. The molecule has 1 saturated carbocycles. The Bertz CT molecular complexity index is 372. The van der Waals surface area contributed by atoms with Crippen molar-refractivity contribution in [1.82, 2.24) is 4.98 Å². The maximum atomic E-state index is 4.11. The van der Waals surface area contributed by atoms with Crippen molar-refractivity contribution in [3.05, 3.63) is 24.5 Å². The van der Waals surface area contributed by atoms with Crippen molar-refractivity contribution >= 4 is 5.69 Å². The van der Waals surface area contributed by atoms with E-state index in [-0.39, 0.29) is 0 Å². The Kier molecular flexibility index (Phi) is 2.81. The first-order valence-electron chi connectivity index (χ1n) is 6.92. The average molecular weight is 230 g/mol. The number of hydrogen-bond donors (Lipinski definition) is 0. The minimum Gasteiger partial charge on any atom is -0.371 e. The van der Waals surface area contributed by atoms with Crippen LogP contribution in [0.1, 0.15) is 39.0 Å². The lowest BCUT2D eigenvalue weighted by Gasteiger charge is -2.42. The van der Waals surface area contributed by atoms with Gasteiger partial charge < -0.3 is 4.90 Å². The molecular weight excluding hydrogens is 208 g/mol. The summed E-state index contributed by atoms with van der Waals surface area (Å²) >= 11 is 0. The van der Waals surface area contributed by atoms with Crippen molar-refractivity contribution in [2.45, 2.75) is 39.0 Å². The van der Waals surface area contributed by atoms with E-state index in [1.807, 2.05) is 12.4 Å². The highest BCUT2D eigenvalue weighted by molar-refractivity contribution is 5.45. The molecule has 2 nitrogen and oxygen atoms in total. The summed E-state index contributed by atoms with van der Waals surface area (Å²) in [6.45, 7) is 4.90. The highest BCUT2D eigenvalue weighted by Crippen LogP contribution is 2.47. The number of rotatable bonds is 1. The number of hydrogen-bond acceptors (Lipinski definition) is 2. The van der Waals surface area contributed by atoms with Crippen LogP contribution in [0.15, 0.2) is 24.5 Å². The third kappa shape index (κ3) is 2.18. The van der Waals surface area contributed by atoms with Gasteiger partial charge in [0.15, 0.2) is 0 Å². The van der Waals surface area contributed by atoms with Crippen LogP contribution in [0.25, 0.3) is 0 Å². The molecule has 0 radical (unpaired) electrons. The van der Waals surface area contributed by atoms with Gasteiger partial charge in [-0.2, -0.15) is 0 Å². The van der Waals surface area contributed by atoms with Gasteiger partial charge in [-0.3, -0.25) is 4.98 Å². The molecule has 0 bridgehead atoms. The Morgan fingerprint density at radius 3 is 2.82 bits per heavy atom. The van der Waals surface area contributed by atoms with E-state index in [1.54, 1.807) is 0 Å². The largest absolute Gasteiger partial charge is 0.371 e. The fraction of sp³-hybridized carbons (Fsp3) is 0.667. The fourth-order valence-electron chi connectivity index (χ4n) is 3.85. The zero-order valence-corrected chi connectivity index (χ0v) is 10.7. The van der Waals surface area contributed by atoms with E-state index < -0.39 is 0 Å². The molecule has 2 fully saturated rings. The standard InChI is InChI=1S/C15H22N2/c1-13-3-7-15(11-13)6-2-10-17(12-15)14-4-8-16-9-5-14/h4-5,8-9,13H,2-3,6-7,10-12H2,1H3. The van der Waals surface area contributed by atoms with E-state index in [4.69, 9.17) is 0 Å². The Morgan fingerprint density at radius 1 is 1.29 bits per heavy atom. The molecule has 0 N–H and O–H groups in total. The second-order valence-electron chi connectivity index (χ2n) is 6.08. The molecule has 2 heterocycles. The van der Waals surface area contributed by atoms with Crippen molar-refractivity contribution < 1.29 is 0 Å². The van der Waals surface area contributed by atoms with E-state index in [0.717, 1.165) is 5.92 Å². The van der Waals surface area contributed by atoms with Crippen molar-refractivity contribution in [1.29, 1.82) is 0 Å². The van der Waals surface area contributed by atoms with Crippen molar-refractivity contribution in [2.24, 2.45) is 11.3 Å². The molecule has 1 aromatic rings. The molecule has 17 heavy (non-hydrogen) atoms. The zero-order valence-electron chi connectivity index (χ0n) is 10.7. The molecular formula is C15H22N2. The van der Waals surface area contributed by atoms with Crippen LogP contribution in [0.5, 0.6) is 0 Å². The third-order valence-corrected chi connectivity index (χ3v) is 4.64. The number of aromatic nitrogens is 1. The van der Waals surface area contributed by atoms with Crippen LogP contribution in [0.2, 0.25) is 0 Å². The van der Waals surface area contributed by atoms with Crippen LogP contribution >= 0.6 is 0 Å². The van der Waals surface area contributed by atoms with Crippen molar-refractivity contribution in [3.8, 4) is 0 Å². The van der Waals surface area contributed by atoms with Gasteiger partial charge in [0.05, 0.1) is 0 Å². The van der Waals surface area contributed by atoms with Crippen LogP contribution in [-0.2, 0) is 0 Å². The molecule has 1 spiro atoms. The second-order valence-corrected chi connectivity index (χ2v) is 6.08. The summed E-state index contributed by atoms with van der Waals surface area (Å²) in [6.07, 6.45) is 10.9. The molecule has 92 valence electrons.